The van der Waals surface area contributed by atoms with Crippen molar-refractivity contribution in [1.29, 1.82) is 0 Å². The summed E-state index contributed by atoms with van der Waals surface area (Å²) >= 11 is 0. The smallest absolute Gasteiger partial charge is 0.113 e. The zero-order valence-corrected chi connectivity index (χ0v) is 9.21. The van der Waals surface area contributed by atoms with Crippen molar-refractivity contribution < 1.29 is 9.47 Å². The SMILES string of the molecule is CC1(C)CNC(C2CCCOC2)OC1. The molecule has 0 aromatic heterocycles. The van der Waals surface area contributed by atoms with E-state index >= 15 is 0 Å². The molecule has 0 aromatic carbocycles. The van der Waals surface area contributed by atoms with Crippen molar-refractivity contribution in [3.05, 3.63) is 0 Å². The minimum Gasteiger partial charge on any atom is -0.381 e. The van der Waals surface area contributed by atoms with Crippen LogP contribution in [-0.4, -0.2) is 32.6 Å². The van der Waals surface area contributed by atoms with Crippen LogP contribution in [0.5, 0.6) is 0 Å². The van der Waals surface area contributed by atoms with E-state index in [9.17, 15) is 0 Å². The normalized spacial score (nSPS) is 38.1. The number of hydrogen-bond donors (Lipinski definition) is 1. The van der Waals surface area contributed by atoms with Crippen molar-refractivity contribution in [2.24, 2.45) is 11.3 Å². The summed E-state index contributed by atoms with van der Waals surface area (Å²) in [7, 11) is 0. The fourth-order valence-electron chi connectivity index (χ4n) is 2.11. The molecule has 0 aliphatic carbocycles. The molecule has 0 amide bonds. The highest BCUT2D eigenvalue weighted by molar-refractivity contribution is 4.81. The highest BCUT2D eigenvalue weighted by atomic mass is 16.5. The average molecular weight is 199 g/mol. The van der Waals surface area contributed by atoms with Crippen LogP contribution in [0, 0.1) is 11.3 Å². The maximum atomic E-state index is 5.84. The molecule has 2 unspecified atom stereocenters. The van der Waals surface area contributed by atoms with E-state index in [4.69, 9.17) is 9.47 Å². The zero-order valence-electron chi connectivity index (χ0n) is 9.21. The Bertz CT molecular complexity index is 178. The van der Waals surface area contributed by atoms with Gasteiger partial charge in [0.05, 0.1) is 13.2 Å². The van der Waals surface area contributed by atoms with Gasteiger partial charge in [0.1, 0.15) is 6.23 Å². The summed E-state index contributed by atoms with van der Waals surface area (Å²) in [5.41, 5.74) is 0.284. The monoisotopic (exact) mass is 199 g/mol. The maximum Gasteiger partial charge on any atom is 0.113 e. The topological polar surface area (TPSA) is 30.5 Å². The lowest BCUT2D eigenvalue weighted by atomic mass is 9.91. The molecule has 1 N–H and O–H groups in total. The van der Waals surface area contributed by atoms with E-state index < -0.39 is 0 Å². The molecule has 2 saturated heterocycles. The average Bonchev–Trinajstić information content (AvgIpc) is 2.19. The second-order valence-electron chi connectivity index (χ2n) is 5.25. The van der Waals surface area contributed by atoms with Gasteiger partial charge < -0.3 is 9.47 Å². The van der Waals surface area contributed by atoms with Crippen molar-refractivity contribution in [1.82, 2.24) is 5.32 Å². The van der Waals surface area contributed by atoms with Gasteiger partial charge in [-0.1, -0.05) is 13.8 Å². The molecular formula is C11H21NO2. The first-order chi connectivity index (χ1) is 6.67. The van der Waals surface area contributed by atoms with Crippen molar-refractivity contribution in [3.8, 4) is 0 Å². The van der Waals surface area contributed by atoms with E-state index in [1.807, 2.05) is 0 Å². The van der Waals surface area contributed by atoms with Crippen LogP contribution in [0.4, 0.5) is 0 Å². The van der Waals surface area contributed by atoms with Gasteiger partial charge in [0.25, 0.3) is 0 Å². The van der Waals surface area contributed by atoms with E-state index in [-0.39, 0.29) is 11.6 Å². The molecule has 82 valence electrons. The van der Waals surface area contributed by atoms with Gasteiger partial charge in [-0.15, -0.1) is 0 Å². The Kier molecular flexibility index (Phi) is 3.10. The Morgan fingerprint density at radius 2 is 2.21 bits per heavy atom. The Morgan fingerprint density at radius 3 is 2.79 bits per heavy atom. The highest BCUT2D eigenvalue weighted by Crippen LogP contribution is 2.25. The fraction of sp³-hybridized carbons (Fsp3) is 1.00. The van der Waals surface area contributed by atoms with Gasteiger partial charge in [-0.25, -0.2) is 0 Å². The summed E-state index contributed by atoms with van der Waals surface area (Å²) in [5, 5.41) is 3.48. The molecule has 0 aromatic rings. The summed E-state index contributed by atoms with van der Waals surface area (Å²) in [4.78, 5) is 0. The first kappa shape index (κ1) is 10.4. The standard InChI is InChI=1S/C11H21NO2/c1-11(2)7-12-10(14-8-11)9-4-3-5-13-6-9/h9-10,12H,3-8H2,1-2H3. The van der Waals surface area contributed by atoms with Crippen LogP contribution in [-0.2, 0) is 9.47 Å². The van der Waals surface area contributed by atoms with Gasteiger partial charge in [0, 0.05) is 24.5 Å². The van der Waals surface area contributed by atoms with Gasteiger partial charge >= 0.3 is 0 Å². The number of hydrogen-bond acceptors (Lipinski definition) is 3. The summed E-state index contributed by atoms with van der Waals surface area (Å²) in [5.74, 6) is 0.555. The molecule has 3 heteroatoms. The molecule has 2 heterocycles. The van der Waals surface area contributed by atoms with Crippen LogP contribution in [0.3, 0.4) is 0 Å². The van der Waals surface area contributed by atoms with Crippen molar-refractivity contribution in [2.75, 3.05) is 26.4 Å². The lowest BCUT2D eigenvalue weighted by Gasteiger charge is -2.40. The van der Waals surface area contributed by atoms with Crippen molar-refractivity contribution in [3.63, 3.8) is 0 Å². The lowest BCUT2D eigenvalue weighted by Crippen LogP contribution is -2.52. The zero-order chi connectivity index (χ0) is 10.0. The fourth-order valence-corrected chi connectivity index (χ4v) is 2.11. The molecule has 2 rings (SSSR count). The molecule has 2 atom stereocenters. The number of ether oxygens (including phenoxy) is 2. The van der Waals surface area contributed by atoms with Gasteiger partial charge in [-0.3, -0.25) is 5.32 Å². The van der Waals surface area contributed by atoms with Crippen molar-refractivity contribution in [2.45, 2.75) is 32.9 Å². The van der Waals surface area contributed by atoms with E-state index in [2.05, 4.69) is 19.2 Å². The summed E-state index contributed by atoms with van der Waals surface area (Å²) in [6.07, 6.45) is 2.64. The molecule has 14 heavy (non-hydrogen) atoms. The lowest BCUT2D eigenvalue weighted by molar-refractivity contribution is -0.112. The summed E-state index contributed by atoms with van der Waals surface area (Å²) < 4.78 is 11.3. The number of nitrogens with one attached hydrogen (secondary N) is 1. The number of rotatable bonds is 1. The van der Waals surface area contributed by atoms with Crippen LogP contribution in [0.1, 0.15) is 26.7 Å². The maximum absolute atomic E-state index is 5.84. The van der Waals surface area contributed by atoms with Crippen LogP contribution < -0.4 is 5.32 Å². The van der Waals surface area contributed by atoms with Crippen LogP contribution in [0.2, 0.25) is 0 Å². The summed E-state index contributed by atoms with van der Waals surface area (Å²) in [6.45, 7) is 8.16. The first-order valence-electron chi connectivity index (χ1n) is 5.60. The van der Waals surface area contributed by atoms with E-state index in [1.165, 1.54) is 12.8 Å². The Morgan fingerprint density at radius 1 is 1.36 bits per heavy atom. The molecule has 2 fully saturated rings. The molecule has 0 saturated carbocycles. The Labute approximate surface area is 86.2 Å². The molecule has 0 radical (unpaired) electrons. The van der Waals surface area contributed by atoms with E-state index in [1.54, 1.807) is 0 Å². The van der Waals surface area contributed by atoms with Crippen LogP contribution >= 0.6 is 0 Å². The quantitative estimate of drug-likeness (QED) is 0.692. The minimum atomic E-state index is 0.225. The predicted octanol–water partition coefficient (Wildman–Crippen LogP) is 1.39. The Balaban J connectivity index is 1.82. The van der Waals surface area contributed by atoms with Crippen molar-refractivity contribution >= 4 is 0 Å². The third-order valence-electron chi connectivity index (χ3n) is 3.06. The molecule has 0 spiro atoms. The minimum absolute atomic E-state index is 0.225. The van der Waals surface area contributed by atoms with E-state index in [0.717, 1.165) is 26.4 Å². The summed E-state index contributed by atoms with van der Waals surface area (Å²) in [6, 6.07) is 0. The molecular weight excluding hydrogens is 178 g/mol. The van der Waals surface area contributed by atoms with Gasteiger partial charge in [-0.2, -0.15) is 0 Å². The first-order valence-corrected chi connectivity index (χ1v) is 5.60. The molecule has 3 nitrogen and oxygen atoms in total. The van der Waals surface area contributed by atoms with Gasteiger partial charge in [0.2, 0.25) is 0 Å². The third kappa shape index (κ3) is 2.47. The molecule has 0 bridgehead atoms. The highest BCUT2D eigenvalue weighted by Gasteiger charge is 2.32. The second kappa shape index (κ2) is 4.17. The molecule has 2 aliphatic rings. The third-order valence-corrected chi connectivity index (χ3v) is 3.06. The van der Waals surface area contributed by atoms with E-state index in [0.29, 0.717) is 5.92 Å². The molecule has 2 aliphatic heterocycles. The van der Waals surface area contributed by atoms with Crippen LogP contribution in [0.25, 0.3) is 0 Å². The van der Waals surface area contributed by atoms with Gasteiger partial charge in [0.15, 0.2) is 0 Å². The Hall–Kier alpha value is -0.120. The second-order valence-corrected chi connectivity index (χ2v) is 5.25. The van der Waals surface area contributed by atoms with Gasteiger partial charge in [-0.05, 0) is 12.8 Å². The largest absolute Gasteiger partial charge is 0.381 e. The van der Waals surface area contributed by atoms with Crippen LogP contribution in [0.15, 0.2) is 0 Å². The predicted molar refractivity (Wildman–Crippen MR) is 55.1 cm³/mol.